The number of carbonyl (C=O) groups is 2. The van der Waals surface area contributed by atoms with Crippen LogP contribution in [0.1, 0.15) is 21.5 Å². The van der Waals surface area contributed by atoms with Gasteiger partial charge in [0.15, 0.2) is 6.61 Å². The van der Waals surface area contributed by atoms with Crippen molar-refractivity contribution in [2.75, 3.05) is 32.8 Å². The van der Waals surface area contributed by atoms with Crippen molar-refractivity contribution >= 4 is 21.9 Å². The van der Waals surface area contributed by atoms with E-state index in [9.17, 15) is 31.2 Å². The molecule has 0 N–H and O–H groups in total. The molecule has 11 heteroatoms. The Morgan fingerprint density at radius 2 is 1.62 bits per heavy atom. The number of carbonyl (C=O) groups excluding carboxylic acids is 2. The van der Waals surface area contributed by atoms with Crippen LogP contribution in [0.4, 0.5) is 13.2 Å². The minimum absolute atomic E-state index is 0.0729. The molecule has 1 amide bonds. The normalized spacial score (nSPS) is 15.4. The molecule has 2 aromatic rings. The molecule has 0 aliphatic carbocycles. The van der Waals surface area contributed by atoms with Crippen molar-refractivity contribution in [3.8, 4) is 0 Å². The van der Waals surface area contributed by atoms with Crippen molar-refractivity contribution in [2.24, 2.45) is 0 Å². The first-order valence-electron chi connectivity index (χ1n) is 9.67. The minimum atomic E-state index is -4.61. The van der Waals surface area contributed by atoms with Gasteiger partial charge in [-0.05, 0) is 37.3 Å². The summed E-state index contributed by atoms with van der Waals surface area (Å²) in [6.45, 7) is 1.55. The SMILES string of the molecule is Cc1ccc(S(=O)(=O)N2CCN(C(=O)COC(=O)c3cccc(C(F)(F)F)c3)CC2)cc1. The van der Waals surface area contributed by atoms with E-state index < -0.39 is 40.2 Å². The summed E-state index contributed by atoms with van der Waals surface area (Å²) in [5.74, 6) is -1.61. The molecular weight excluding hydrogens is 449 g/mol. The van der Waals surface area contributed by atoms with Gasteiger partial charge < -0.3 is 9.64 Å². The summed E-state index contributed by atoms with van der Waals surface area (Å²) < 4.78 is 69.9. The van der Waals surface area contributed by atoms with Crippen LogP contribution in [-0.4, -0.2) is 62.3 Å². The van der Waals surface area contributed by atoms with Crippen LogP contribution in [0.2, 0.25) is 0 Å². The smallest absolute Gasteiger partial charge is 0.416 e. The van der Waals surface area contributed by atoms with E-state index in [1.54, 1.807) is 12.1 Å². The van der Waals surface area contributed by atoms with Crippen LogP contribution in [-0.2, 0) is 25.7 Å². The van der Waals surface area contributed by atoms with Gasteiger partial charge in [-0.15, -0.1) is 0 Å². The van der Waals surface area contributed by atoms with Crippen molar-refractivity contribution in [3.05, 3.63) is 65.2 Å². The van der Waals surface area contributed by atoms with E-state index in [-0.39, 0.29) is 36.6 Å². The molecule has 1 aliphatic rings. The molecule has 1 aliphatic heterocycles. The first kappa shape index (κ1) is 23.7. The number of ether oxygens (including phenoxy) is 1. The van der Waals surface area contributed by atoms with E-state index in [4.69, 9.17) is 4.74 Å². The Labute approximate surface area is 183 Å². The highest BCUT2D eigenvalue weighted by Crippen LogP contribution is 2.29. The summed E-state index contributed by atoms with van der Waals surface area (Å²) in [6.07, 6.45) is -4.61. The number of hydrogen-bond acceptors (Lipinski definition) is 5. The Bertz CT molecular complexity index is 1090. The molecule has 1 saturated heterocycles. The van der Waals surface area contributed by atoms with Gasteiger partial charge in [0.25, 0.3) is 5.91 Å². The molecule has 0 unspecified atom stereocenters. The van der Waals surface area contributed by atoms with E-state index >= 15 is 0 Å². The first-order valence-corrected chi connectivity index (χ1v) is 11.1. The van der Waals surface area contributed by atoms with Crippen LogP contribution in [0.3, 0.4) is 0 Å². The standard InChI is InChI=1S/C21H21F3N2O5S/c1-15-5-7-18(8-6-15)32(29,30)26-11-9-25(10-12-26)19(27)14-31-20(28)16-3-2-4-17(13-16)21(22,23)24/h2-8,13H,9-12,14H2,1H3. The maximum atomic E-state index is 12.8. The molecule has 7 nitrogen and oxygen atoms in total. The number of rotatable bonds is 5. The van der Waals surface area contributed by atoms with Crippen molar-refractivity contribution < 1.29 is 35.9 Å². The lowest BCUT2D eigenvalue weighted by atomic mass is 10.1. The number of sulfonamides is 1. The molecule has 0 spiro atoms. The second-order valence-corrected chi connectivity index (χ2v) is 9.19. The van der Waals surface area contributed by atoms with Gasteiger partial charge in [-0.2, -0.15) is 17.5 Å². The number of halogens is 3. The van der Waals surface area contributed by atoms with Gasteiger partial charge in [-0.1, -0.05) is 23.8 Å². The van der Waals surface area contributed by atoms with Gasteiger partial charge in [0.1, 0.15) is 0 Å². The predicted octanol–water partition coefficient (Wildman–Crippen LogP) is 2.70. The zero-order valence-electron chi connectivity index (χ0n) is 17.1. The number of hydrogen-bond donors (Lipinski definition) is 0. The summed E-state index contributed by atoms with van der Waals surface area (Å²) in [5, 5.41) is 0. The fourth-order valence-electron chi connectivity index (χ4n) is 3.16. The predicted molar refractivity (Wildman–Crippen MR) is 108 cm³/mol. The van der Waals surface area contributed by atoms with Gasteiger partial charge in [0.05, 0.1) is 16.0 Å². The summed E-state index contributed by atoms with van der Waals surface area (Å²) in [6, 6.07) is 10.2. The van der Waals surface area contributed by atoms with E-state index in [1.165, 1.54) is 21.3 Å². The van der Waals surface area contributed by atoms with Crippen molar-refractivity contribution in [2.45, 2.75) is 18.0 Å². The topological polar surface area (TPSA) is 84.0 Å². The van der Waals surface area contributed by atoms with E-state index in [1.807, 2.05) is 6.92 Å². The number of benzene rings is 2. The van der Waals surface area contributed by atoms with Crippen LogP contribution in [0.5, 0.6) is 0 Å². The van der Waals surface area contributed by atoms with Crippen LogP contribution in [0, 0.1) is 6.92 Å². The monoisotopic (exact) mass is 470 g/mol. The molecule has 0 aromatic heterocycles. The Hall–Kier alpha value is -2.92. The highest BCUT2D eigenvalue weighted by atomic mass is 32.2. The van der Waals surface area contributed by atoms with Gasteiger partial charge in [0.2, 0.25) is 10.0 Å². The highest BCUT2D eigenvalue weighted by molar-refractivity contribution is 7.89. The molecule has 0 atom stereocenters. The van der Waals surface area contributed by atoms with Gasteiger partial charge in [-0.3, -0.25) is 4.79 Å². The third kappa shape index (κ3) is 5.46. The summed E-state index contributed by atoms with van der Waals surface area (Å²) in [5.41, 5.74) is -0.384. The summed E-state index contributed by atoms with van der Waals surface area (Å²) in [4.78, 5) is 25.9. The van der Waals surface area contributed by atoms with Gasteiger partial charge >= 0.3 is 12.1 Å². The lowest BCUT2D eigenvalue weighted by Gasteiger charge is -2.33. The zero-order valence-corrected chi connectivity index (χ0v) is 17.9. The van der Waals surface area contributed by atoms with Gasteiger partial charge in [-0.25, -0.2) is 13.2 Å². The van der Waals surface area contributed by atoms with Gasteiger partial charge in [0, 0.05) is 26.2 Å². The number of piperazine rings is 1. The van der Waals surface area contributed by atoms with Crippen molar-refractivity contribution in [1.29, 1.82) is 0 Å². The molecule has 1 heterocycles. The van der Waals surface area contributed by atoms with E-state index in [2.05, 4.69) is 0 Å². The van der Waals surface area contributed by atoms with Crippen LogP contribution < -0.4 is 0 Å². The Kier molecular flexibility index (Phi) is 6.89. The van der Waals surface area contributed by atoms with E-state index in [0.29, 0.717) is 6.07 Å². The molecule has 2 aromatic carbocycles. The number of aryl methyl sites for hydroxylation is 1. The second kappa shape index (κ2) is 9.29. The Morgan fingerprint density at radius 1 is 1.00 bits per heavy atom. The third-order valence-corrected chi connectivity index (χ3v) is 6.92. The molecule has 1 fully saturated rings. The largest absolute Gasteiger partial charge is 0.452 e. The molecule has 0 bridgehead atoms. The Morgan fingerprint density at radius 3 is 2.22 bits per heavy atom. The molecule has 32 heavy (non-hydrogen) atoms. The van der Waals surface area contributed by atoms with Crippen LogP contribution in [0.15, 0.2) is 53.4 Å². The van der Waals surface area contributed by atoms with Crippen molar-refractivity contribution in [1.82, 2.24) is 9.21 Å². The Balaban J connectivity index is 1.54. The fourth-order valence-corrected chi connectivity index (χ4v) is 4.58. The lowest BCUT2D eigenvalue weighted by molar-refractivity contribution is -0.138. The second-order valence-electron chi connectivity index (χ2n) is 7.25. The molecule has 3 rings (SSSR count). The highest BCUT2D eigenvalue weighted by Gasteiger charge is 2.32. The molecular formula is C21H21F3N2O5S. The number of amides is 1. The van der Waals surface area contributed by atoms with Crippen LogP contribution in [0.25, 0.3) is 0 Å². The number of alkyl halides is 3. The molecule has 0 radical (unpaired) electrons. The fraction of sp³-hybridized carbons (Fsp3) is 0.333. The number of esters is 1. The molecule has 0 saturated carbocycles. The quantitative estimate of drug-likeness (QED) is 0.628. The lowest BCUT2D eigenvalue weighted by Crippen LogP contribution is -2.51. The van der Waals surface area contributed by atoms with Crippen LogP contribution >= 0.6 is 0 Å². The summed E-state index contributed by atoms with van der Waals surface area (Å²) in [7, 11) is -3.69. The minimum Gasteiger partial charge on any atom is -0.452 e. The average Bonchev–Trinajstić information content (AvgIpc) is 2.77. The van der Waals surface area contributed by atoms with E-state index in [0.717, 1.165) is 23.8 Å². The maximum Gasteiger partial charge on any atom is 0.416 e. The first-order chi connectivity index (χ1) is 15.0. The number of nitrogens with zero attached hydrogens (tertiary/aromatic N) is 2. The zero-order chi connectivity index (χ0) is 23.5. The average molecular weight is 470 g/mol. The maximum absolute atomic E-state index is 12.8. The summed E-state index contributed by atoms with van der Waals surface area (Å²) >= 11 is 0. The third-order valence-electron chi connectivity index (χ3n) is 5.00. The molecule has 172 valence electrons. The van der Waals surface area contributed by atoms with Crippen molar-refractivity contribution in [3.63, 3.8) is 0 Å².